The largest absolute Gasteiger partial charge is 0.338 e. The van der Waals surface area contributed by atoms with E-state index in [-0.39, 0.29) is 4.47 Å². The van der Waals surface area contributed by atoms with Crippen molar-refractivity contribution in [2.75, 3.05) is 26.7 Å². The maximum absolute atomic E-state index is 13.8. The molecule has 1 amide bonds. The monoisotopic (exact) mass is 346 g/mol. The van der Waals surface area contributed by atoms with E-state index in [1.165, 1.54) is 4.90 Å². The summed E-state index contributed by atoms with van der Waals surface area (Å²) in [6.45, 7) is 1.99. The summed E-state index contributed by atoms with van der Waals surface area (Å²) in [6.07, 6.45) is 1.71. The third-order valence-corrected chi connectivity index (χ3v) is 4.07. The lowest BCUT2D eigenvalue weighted by Gasteiger charge is -2.32. The molecule has 20 heavy (non-hydrogen) atoms. The van der Waals surface area contributed by atoms with E-state index in [1.807, 2.05) is 7.05 Å². The fraction of sp³-hybridized carbons (Fsp3) is 0.500. The minimum absolute atomic E-state index is 0.289. The van der Waals surface area contributed by atoms with Gasteiger partial charge >= 0.3 is 0 Å². The van der Waals surface area contributed by atoms with Gasteiger partial charge in [0.1, 0.15) is 17.2 Å². The van der Waals surface area contributed by atoms with Gasteiger partial charge in [0, 0.05) is 17.6 Å². The highest BCUT2D eigenvalue weighted by molar-refractivity contribution is 9.10. The van der Waals surface area contributed by atoms with Crippen molar-refractivity contribution < 1.29 is 13.6 Å². The number of likely N-dealkylation sites (tertiary alicyclic amines) is 1. The molecule has 1 heterocycles. The van der Waals surface area contributed by atoms with Gasteiger partial charge in [-0.3, -0.25) is 4.79 Å². The number of hydrogen-bond acceptors (Lipinski definition) is 2. The summed E-state index contributed by atoms with van der Waals surface area (Å²) in [5.41, 5.74) is -0.458. The standard InChI is InChI=1S/C14H17BrF2N2O/c1-18-8-9-2-4-19(5-3-9)14(20)13-11(16)6-10(15)7-12(13)17/h6-7,9,18H,2-5,8H2,1H3. The number of carbonyl (C=O) groups excluding carboxylic acids is 1. The molecule has 1 aromatic rings. The molecule has 0 unspecified atom stereocenters. The average Bonchev–Trinajstić information content (AvgIpc) is 2.38. The number of rotatable bonds is 3. The Kier molecular flexibility index (Phi) is 5.10. The maximum Gasteiger partial charge on any atom is 0.259 e. The van der Waals surface area contributed by atoms with E-state index in [1.54, 1.807) is 0 Å². The zero-order chi connectivity index (χ0) is 14.7. The van der Waals surface area contributed by atoms with E-state index in [0.717, 1.165) is 31.5 Å². The highest BCUT2D eigenvalue weighted by atomic mass is 79.9. The van der Waals surface area contributed by atoms with Gasteiger partial charge in [-0.05, 0) is 44.5 Å². The first-order valence-electron chi connectivity index (χ1n) is 6.61. The van der Waals surface area contributed by atoms with Crippen molar-refractivity contribution in [1.29, 1.82) is 0 Å². The molecule has 1 N–H and O–H groups in total. The third kappa shape index (κ3) is 3.35. The Morgan fingerprint density at radius 1 is 1.35 bits per heavy atom. The molecule has 1 aromatic carbocycles. The van der Waals surface area contributed by atoms with Gasteiger partial charge in [0.15, 0.2) is 0 Å². The van der Waals surface area contributed by atoms with Crippen molar-refractivity contribution in [3.05, 3.63) is 33.8 Å². The minimum atomic E-state index is -0.820. The number of piperidine rings is 1. The summed E-state index contributed by atoms with van der Waals surface area (Å²) in [5.74, 6) is -1.68. The molecular formula is C14H17BrF2N2O. The number of nitrogens with one attached hydrogen (secondary N) is 1. The lowest BCUT2D eigenvalue weighted by Crippen LogP contribution is -2.41. The number of amides is 1. The molecule has 2 rings (SSSR count). The van der Waals surface area contributed by atoms with Gasteiger partial charge in [-0.15, -0.1) is 0 Å². The van der Waals surface area contributed by atoms with Gasteiger partial charge in [0.25, 0.3) is 5.91 Å². The van der Waals surface area contributed by atoms with Crippen LogP contribution in [0.2, 0.25) is 0 Å². The second kappa shape index (κ2) is 6.63. The van der Waals surface area contributed by atoms with E-state index in [0.29, 0.717) is 19.0 Å². The SMILES string of the molecule is CNCC1CCN(C(=O)c2c(F)cc(Br)cc2F)CC1. The first kappa shape index (κ1) is 15.4. The van der Waals surface area contributed by atoms with Crippen LogP contribution in [0.25, 0.3) is 0 Å². The van der Waals surface area contributed by atoms with Crippen LogP contribution in [0, 0.1) is 17.6 Å². The summed E-state index contributed by atoms with van der Waals surface area (Å²) in [4.78, 5) is 13.8. The zero-order valence-electron chi connectivity index (χ0n) is 11.3. The summed E-state index contributed by atoms with van der Waals surface area (Å²) in [5, 5.41) is 3.11. The summed E-state index contributed by atoms with van der Waals surface area (Å²) in [6, 6.07) is 2.23. The first-order valence-corrected chi connectivity index (χ1v) is 7.40. The molecule has 1 aliphatic rings. The molecule has 0 bridgehead atoms. The quantitative estimate of drug-likeness (QED) is 0.912. The lowest BCUT2D eigenvalue weighted by atomic mass is 9.96. The van der Waals surface area contributed by atoms with Crippen LogP contribution in [0.1, 0.15) is 23.2 Å². The molecule has 0 saturated carbocycles. The number of halogens is 3. The molecule has 3 nitrogen and oxygen atoms in total. The minimum Gasteiger partial charge on any atom is -0.338 e. The van der Waals surface area contributed by atoms with Crippen molar-refractivity contribution in [3.8, 4) is 0 Å². The Bertz CT molecular complexity index is 479. The van der Waals surface area contributed by atoms with Crippen molar-refractivity contribution >= 4 is 21.8 Å². The van der Waals surface area contributed by atoms with E-state index >= 15 is 0 Å². The van der Waals surface area contributed by atoms with Crippen LogP contribution in [-0.2, 0) is 0 Å². The van der Waals surface area contributed by atoms with Crippen LogP contribution in [0.5, 0.6) is 0 Å². The van der Waals surface area contributed by atoms with Crippen molar-refractivity contribution in [2.45, 2.75) is 12.8 Å². The Hall–Kier alpha value is -1.01. The molecule has 0 radical (unpaired) electrons. The summed E-state index contributed by atoms with van der Waals surface area (Å²) < 4.78 is 27.9. The van der Waals surface area contributed by atoms with Gasteiger partial charge in [-0.1, -0.05) is 15.9 Å². The lowest BCUT2D eigenvalue weighted by molar-refractivity contribution is 0.0681. The van der Waals surface area contributed by atoms with Gasteiger partial charge in [-0.2, -0.15) is 0 Å². The molecule has 0 spiro atoms. The van der Waals surface area contributed by atoms with Crippen LogP contribution in [0.4, 0.5) is 8.78 Å². The normalized spacial score (nSPS) is 16.5. The highest BCUT2D eigenvalue weighted by Crippen LogP contribution is 2.23. The van der Waals surface area contributed by atoms with E-state index < -0.39 is 23.1 Å². The predicted octanol–water partition coefficient (Wildman–Crippen LogP) is 2.80. The van der Waals surface area contributed by atoms with Gasteiger partial charge in [0.2, 0.25) is 0 Å². The molecule has 1 saturated heterocycles. The number of benzene rings is 1. The van der Waals surface area contributed by atoms with E-state index in [9.17, 15) is 13.6 Å². The second-order valence-corrected chi connectivity index (χ2v) is 5.95. The molecule has 110 valence electrons. The predicted molar refractivity (Wildman–Crippen MR) is 76.6 cm³/mol. The number of carbonyl (C=O) groups is 1. The summed E-state index contributed by atoms with van der Waals surface area (Å²) in [7, 11) is 1.89. The summed E-state index contributed by atoms with van der Waals surface area (Å²) >= 11 is 3.01. The van der Waals surface area contributed by atoms with Crippen molar-refractivity contribution in [1.82, 2.24) is 10.2 Å². The van der Waals surface area contributed by atoms with E-state index in [4.69, 9.17) is 0 Å². The molecular weight excluding hydrogens is 330 g/mol. The Labute approximate surface area is 125 Å². The maximum atomic E-state index is 13.8. The molecule has 1 fully saturated rings. The van der Waals surface area contributed by atoms with Gasteiger partial charge in [-0.25, -0.2) is 8.78 Å². The first-order chi connectivity index (χ1) is 9.52. The van der Waals surface area contributed by atoms with Gasteiger partial charge in [0.05, 0.1) is 0 Å². The molecule has 0 atom stereocenters. The number of hydrogen-bond donors (Lipinski definition) is 1. The van der Waals surface area contributed by atoms with Crippen LogP contribution in [0.3, 0.4) is 0 Å². The van der Waals surface area contributed by atoms with E-state index in [2.05, 4.69) is 21.2 Å². The molecule has 6 heteroatoms. The van der Waals surface area contributed by atoms with Crippen LogP contribution >= 0.6 is 15.9 Å². The highest BCUT2D eigenvalue weighted by Gasteiger charge is 2.27. The van der Waals surface area contributed by atoms with Crippen molar-refractivity contribution in [2.24, 2.45) is 5.92 Å². The topological polar surface area (TPSA) is 32.3 Å². The van der Waals surface area contributed by atoms with Gasteiger partial charge < -0.3 is 10.2 Å². The Morgan fingerprint density at radius 2 is 1.90 bits per heavy atom. The smallest absolute Gasteiger partial charge is 0.259 e. The molecule has 0 aliphatic carbocycles. The van der Waals surface area contributed by atoms with Crippen molar-refractivity contribution in [3.63, 3.8) is 0 Å². The average molecular weight is 347 g/mol. The fourth-order valence-corrected chi connectivity index (χ4v) is 2.94. The Morgan fingerprint density at radius 3 is 2.40 bits per heavy atom. The molecule has 0 aromatic heterocycles. The Balaban J connectivity index is 2.10. The zero-order valence-corrected chi connectivity index (χ0v) is 12.8. The second-order valence-electron chi connectivity index (χ2n) is 5.04. The fourth-order valence-electron chi connectivity index (χ4n) is 2.53. The number of nitrogens with zero attached hydrogens (tertiary/aromatic N) is 1. The van der Waals surface area contributed by atoms with Crippen LogP contribution < -0.4 is 5.32 Å². The molecule has 1 aliphatic heterocycles. The van der Waals surface area contributed by atoms with Crippen LogP contribution in [-0.4, -0.2) is 37.5 Å². The van der Waals surface area contributed by atoms with Crippen LogP contribution in [0.15, 0.2) is 16.6 Å². The third-order valence-electron chi connectivity index (χ3n) is 3.62.